The lowest BCUT2D eigenvalue weighted by atomic mass is 10.2. The van der Waals surface area contributed by atoms with Gasteiger partial charge in [-0.1, -0.05) is 12.1 Å². The number of ether oxygens (including phenoxy) is 1. The number of nitrogens with two attached hydrogens (primary N) is 2. The fraction of sp³-hybridized carbons (Fsp3) is 0.200. The first-order valence-corrected chi connectivity index (χ1v) is 4.38. The van der Waals surface area contributed by atoms with Crippen LogP contribution in [0.15, 0.2) is 24.3 Å². The van der Waals surface area contributed by atoms with E-state index in [1.54, 1.807) is 12.1 Å². The number of primary amides is 1. The molecule has 5 nitrogen and oxygen atoms in total. The number of carbonyl (C=O) groups excluding carboxylic acids is 2. The molecule has 0 fully saturated rings. The number of para-hydroxylation sites is 1. The summed E-state index contributed by atoms with van der Waals surface area (Å²) < 4.78 is 4.90. The summed E-state index contributed by atoms with van der Waals surface area (Å²) >= 11 is 0. The molecule has 0 aliphatic carbocycles. The Balaban J connectivity index is 2.94. The van der Waals surface area contributed by atoms with Gasteiger partial charge in [0, 0.05) is 0 Å². The Morgan fingerprint density at radius 1 is 1.33 bits per heavy atom. The van der Waals surface area contributed by atoms with Crippen molar-refractivity contribution in [3.63, 3.8) is 0 Å². The van der Waals surface area contributed by atoms with E-state index in [1.807, 2.05) is 0 Å². The minimum atomic E-state index is -0.745. The third-order valence-corrected chi connectivity index (χ3v) is 1.73. The summed E-state index contributed by atoms with van der Waals surface area (Å²) in [5.41, 5.74) is 10.6. The smallest absolute Gasteiger partial charge is 0.328 e. The molecule has 0 saturated heterocycles. The van der Waals surface area contributed by atoms with Crippen LogP contribution in [0.2, 0.25) is 0 Å². The average Bonchev–Trinajstić information content (AvgIpc) is 2.18. The molecule has 0 spiro atoms. The lowest BCUT2D eigenvalue weighted by Crippen LogP contribution is -2.31. The Morgan fingerprint density at radius 3 is 2.47 bits per heavy atom. The lowest BCUT2D eigenvalue weighted by molar-refractivity contribution is -0.135. The molecule has 1 atom stereocenters. The van der Waals surface area contributed by atoms with Crippen LogP contribution in [0.5, 0.6) is 5.75 Å². The molecule has 0 unspecified atom stereocenters. The van der Waals surface area contributed by atoms with Gasteiger partial charge in [-0.15, -0.1) is 0 Å². The number of hydrogen-bond donors (Lipinski definition) is 2. The second-order valence-corrected chi connectivity index (χ2v) is 3.07. The zero-order valence-electron chi connectivity index (χ0n) is 8.27. The van der Waals surface area contributed by atoms with Crippen LogP contribution in [-0.2, 0) is 4.79 Å². The van der Waals surface area contributed by atoms with Gasteiger partial charge in [-0.3, -0.25) is 4.79 Å². The summed E-state index contributed by atoms with van der Waals surface area (Å²) in [7, 11) is 0. The molecule has 1 aromatic rings. The van der Waals surface area contributed by atoms with Crippen LogP contribution in [0.4, 0.5) is 0 Å². The maximum absolute atomic E-state index is 11.2. The third-order valence-electron chi connectivity index (χ3n) is 1.73. The summed E-state index contributed by atoms with van der Waals surface area (Å²) in [5, 5.41) is 0. The first-order valence-electron chi connectivity index (χ1n) is 4.38. The monoisotopic (exact) mass is 208 g/mol. The van der Waals surface area contributed by atoms with Crippen molar-refractivity contribution in [2.45, 2.75) is 13.0 Å². The average molecular weight is 208 g/mol. The van der Waals surface area contributed by atoms with Crippen molar-refractivity contribution in [3.05, 3.63) is 29.8 Å². The first-order chi connectivity index (χ1) is 7.02. The Kier molecular flexibility index (Phi) is 3.41. The van der Waals surface area contributed by atoms with Crippen LogP contribution >= 0.6 is 0 Å². The molecule has 1 aromatic carbocycles. The Bertz CT molecular complexity index is 388. The van der Waals surface area contributed by atoms with Crippen LogP contribution in [0.1, 0.15) is 17.3 Å². The molecule has 0 aromatic heterocycles. The van der Waals surface area contributed by atoms with Gasteiger partial charge < -0.3 is 16.2 Å². The van der Waals surface area contributed by atoms with E-state index < -0.39 is 17.9 Å². The van der Waals surface area contributed by atoms with E-state index in [-0.39, 0.29) is 11.3 Å². The van der Waals surface area contributed by atoms with Gasteiger partial charge in [0.25, 0.3) is 5.91 Å². The van der Waals surface area contributed by atoms with Crippen LogP contribution in [-0.4, -0.2) is 17.9 Å². The maximum atomic E-state index is 11.2. The second-order valence-electron chi connectivity index (χ2n) is 3.07. The zero-order chi connectivity index (χ0) is 11.4. The van der Waals surface area contributed by atoms with E-state index in [2.05, 4.69) is 0 Å². The van der Waals surface area contributed by atoms with E-state index in [9.17, 15) is 9.59 Å². The quantitative estimate of drug-likeness (QED) is 0.541. The first kappa shape index (κ1) is 11.2. The SMILES string of the molecule is C[C@H](N)C(=O)Oc1ccccc1C(N)=O. The van der Waals surface area contributed by atoms with Gasteiger partial charge in [0.1, 0.15) is 11.8 Å². The minimum absolute atomic E-state index is 0.132. The molecule has 0 aliphatic rings. The molecule has 0 radical (unpaired) electrons. The van der Waals surface area contributed by atoms with E-state index >= 15 is 0 Å². The van der Waals surface area contributed by atoms with Crippen molar-refractivity contribution >= 4 is 11.9 Å². The van der Waals surface area contributed by atoms with Crippen molar-refractivity contribution in [3.8, 4) is 5.75 Å². The van der Waals surface area contributed by atoms with Gasteiger partial charge in [0.15, 0.2) is 0 Å². The van der Waals surface area contributed by atoms with E-state index in [1.165, 1.54) is 19.1 Å². The Labute approximate surface area is 87.0 Å². The predicted molar refractivity (Wildman–Crippen MR) is 54.2 cm³/mol. The summed E-state index contributed by atoms with van der Waals surface area (Å²) in [4.78, 5) is 22.2. The highest BCUT2D eigenvalue weighted by atomic mass is 16.5. The summed E-state index contributed by atoms with van der Waals surface area (Å²) in [6.45, 7) is 1.50. The molecular formula is C10H12N2O3. The molecule has 0 aliphatic heterocycles. The van der Waals surface area contributed by atoms with Crippen LogP contribution in [0, 0.1) is 0 Å². The van der Waals surface area contributed by atoms with Crippen LogP contribution in [0.25, 0.3) is 0 Å². The normalized spacial score (nSPS) is 11.9. The molecule has 15 heavy (non-hydrogen) atoms. The highest BCUT2D eigenvalue weighted by Crippen LogP contribution is 2.17. The van der Waals surface area contributed by atoms with Crippen molar-refractivity contribution in [1.82, 2.24) is 0 Å². The summed E-state index contributed by atoms with van der Waals surface area (Å²) in [6.07, 6.45) is 0. The lowest BCUT2D eigenvalue weighted by Gasteiger charge is -2.08. The van der Waals surface area contributed by atoms with Crippen LogP contribution in [0.3, 0.4) is 0 Å². The molecule has 1 rings (SSSR count). The fourth-order valence-electron chi connectivity index (χ4n) is 0.961. The Morgan fingerprint density at radius 2 is 1.93 bits per heavy atom. The third kappa shape index (κ3) is 2.78. The van der Waals surface area contributed by atoms with Crippen molar-refractivity contribution in [2.75, 3.05) is 0 Å². The van der Waals surface area contributed by atoms with Gasteiger partial charge in [-0.25, -0.2) is 4.79 Å². The molecular weight excluding hydrogens is 196 g/mol. The largest absolute Gasteiger partial charge is 0.425 e. The number of rotatable bonds is 3. The van der Waals surface area contributed by atoms with Gasteiger partial charge in [-0.2, -0.15) is 0 Å². The van der Waals surface area contributed by atoms with Gasteiger partial charge in [-0.05, 0) is 19.1 Å². The summed E-state index contributed by atoms with van der Waals surface area (Å²) in [6, 6.07) is 5.48. The summed E-state index contributed by atoms with van der Waals surface area (Å²) in [5.74, 6) is -1.13. The van der Waals surface area contributed by atoms with Crippen molar-refractivity contribution < 1.29 is 14.3 Å². The number of carbonyl (C=O) groups is 2. The predicted octanol–water partition coefficient (Wildman–Crippen LogP) is 0.0381. The van der Waals surface area contributed by atoms with Gasteiger partial charge in [0.05, 0.1) is 5.56 Å². The number of hydrogen-bond acceptors (Lipinski definition) is 4. The molecule has 5 heteroatoms. The second kappa shape index (κ2) is 4.56. The highest BCUT2D eigenvalue weighted by molar-refractivity contribution is 5.96. The fourth-order valence-corrected chi connectivity index (χ4v) is 0.961. The Hall–Kier alpha value is -1.88. The van der Waals surface area contributed by atoms with Crippen LogP contribution < -0.4 is 16.2 Å². The van der Waals surface area contributed by atoms with Crippen molar-refractivity contribution in [1.29, 1.82) is 0 Å². The standard InChI is InChI=1S/C10H12N2O3/c1-6(11)10(14)15-8-5-3-2-4-7(8)9(12)13/h2-6H,11H2,1H3,(H2,12,13)/t6-/m0/s1. The zero-order valence-corrected chi connectivity index (χ0v) is 8.27. The topological polar surface area (TPSA) is 95.4 Å². The minimum Gasteiger partial charge on any atom is -0.425 e. The molecule has 80 valence electrons. The molecule has 0 saturated carbocycles. The maximum Gasteiger partial charge on any atom is 0.328 e. The van der Waals surface area contributed by atoms with Gasteiger partial charge >= 0.3 is 5.97 Å². The molecule has 4 N–H and O–H groups in total. The van der Waals surface area contributed by atoms with Crippen molar-refractivity contribution in [2.24, 2.45) is 11.5 Å². The molecule has 0 heterocycles. The number of benzene rings is 1. The van der Waals surface area contributed by atoms with E-state index in [4.69, 9.17) is 16.2 Å². The number of esters is 1. The highest BCUT2D eigenvalue weighted by Gasteiger charge is 2.14. The molecule has 1 amide bonds. The van der Waals surface area contributed by atoms with E-state index in [0.29, 0.717) is 0 Å². The molecule has 0 bridgehead atoms. The number of amides is 1. The van der Waals surface area contributed by atoms with Gasteiger partial charge in [0.2, 0.25) is 0 Å². The van der Waals surface area contributed by atoms with E-state index in [0.717, 1.165) is 0 Å².